The molecule has 1 saturated carbocycles. The summed E-state index contributed by atoms with van der Waals surface area (Å²) in [6.07, 6.45) is 7.91. The molecule has 0 radical (unpaired) electrons. The molecule has 3 rings (SSSR count). The molecular weight excluding hydrogens is 333 g/mol. The fourth-order valence-corrected chi connectivity index (χ4v) is 3.06. The van der Waals surface area contributed by atoms with Gasteiger partial charge in [0.1, 0.15) is 5.69 Å². The van der Waals surface area contributed by atoms with Crippen molar-refractivity contribution in [2.24, 2.45) is 0 Å². The second-order valence-electron chi connectivity index (χ2n) is 6.39. The predicted octanol–water partition coefficient (Wildman–Crippen LogP) is -4.37. The van der Waals surface area contributed by atoms with Crippen LogP contribution < -0.4 is 40.4 Å². The van der Waals surface area contributed by atoms with Crippen LogP contribution >= 0.6 is 0 Å². The monoisotopic (exact) mass is 359 g/mol. The van der Waals surface area contributed by atoms with Crippen molar-refractivity contribution in [2.75, 3.05) is 5.32 Å². The Morgan fingerprint density at radius 3 is 2.70 bits per heavy atom. The highest BCUT2D eigenvalue weighted by atomic mass is 35.5. The van der Waals surface area contributed by atoms with Gasteiger partial charge in [0.25, 0.3) is 5.65 Å². The zero-order valence-corrected chi connectivity index (χ0v) is 15.4. The molecule has 0 aromatic carbocycles. The molecule has 0 amide bonds. The minimum atomic E-state index is 0. The van der Waals surface area contributed by atoms with Crippen molar-refractivity contribution >= 4 is 11.5 Å². The van der Waals surface area contributed by atoms with Gasteiger partial charge in [0.2, 0.25) is 5.82 Å². The molecule has 2 aromatic heterocycles. The molecule has 23 heavy (non-hydrogen) atoms. The fourth-order valence-electron chi connectivity index (χ4n) is 3.06. The molecule has 1 aliphatic carbocycles. The van der Waals surface area contributed by atoms with Crippen molar-refractivity contribution in [1.82, 2.24) is 10.1 Å². The molecule has 0 aliphatic heterocycles. The SMILES string of the molecule is CCC(C)c1cc(NC2CCC([NH3+])CC2)[n+]2[nH]ccc2n1.[Cl-].[Cl-]. The highest BCUT2D eigenvalue weighted by Crippen LogP contribution is 2.22. The third kappa shape index (κ3) is 4.49. The number of aromatic amines is 1. The Morgan fingerprint density at radius 2 is 2.04 bits per heavy atom. The summed E-state index contributed by atoms with van der Waals surface area (Å²) in [6.45, 7) is 4.45. The second kappa shape index (κ2) is 8.71. The molecule has 1 fully saturated rings. The molecule has 1 atom stereocenters. The van der Waals surface area contributed by atoms with E-state index in [0.29, 0.717) is 18.0 Å². The minimum absolute atomic E-state index is 0. The van der Waals surface area contributed by atoms with E-state index in [1.54, 1.807) is 0 Å². The summed E-state index contributed by atoms with van der Waals surface area (Å²) in [5, 5.41) is 6.96. The van der Waals surface area contributed by atoms with Crippen molar-refractivity contribution in [3.8, 4) is 0 Å². The quantitative estimate of drug-likeness (QED) is 0.482. The van der Waals surface area contributed by atoms with Gasteiger partial charge in [-0.15, -0.1) is 9.50 Å². The van der Waals surface area contributed by atoms with Crippen LogP contribution in [0.4, 0.5) is 5.82 Å². The number of anilines is 1. The number of rotatable bonds is 4. The average Bonchev–Trinajstić information content (AvgIpc) is 2.97. The van der Waals surface area contributed by atoms with Crippen LogP contribution in [0.25, 0.3) is 5.65 Å². The van der Waals surface area contributed by atoms with E-state index in [1.165, 1.54) is 31.4 Å². The number of nitrogens with one attached hydrogen (secondary N) is 2. The van der Waals surface area contributed by atoms with Crippen LogP contribution in [0, 0.1) is 0 Å². The van der Waals surface area contributed by atoms with Crippen LogP contribution in [0.15, 0.2) is 18.3 Å². The Bertz CT molecular complexity index is 608. The lowest BCUT2D eigenvalue weighted by molar-refractivity contribution is -0.564. The van der Waals surface area contributed by atoms with Gasteiger partial charge in [-0.05, 0) is 19.3 Å². The first-order valence-electron chi connectivity index (χ1n) is 8.17. The standard InChI is InChI=1S/C16H25N5.2ClH/c1-3-11(2)14-10-16(21-15(20-14)8-9-18-21)19-13-6-4-12(17)5-7-13;;/h8-13H,3-7,17H2,1-2H3,(H,18,19,20);2*1H. The van der Waals surface area contributed by atoms with Gasteiger partial charge in [0.05, 0.1) is 18.2 Å². The topological polar surface area (TPSA) is 72.5 Å². The number of hydrogen-bond donors (Lipinski definition) is 3. The first kappa shape index (κ1) is 20.0. The average molecular weight is 360 g/mol. The summed E-state index contributed by atoms with van der Waals surface area (Å²) in [5.41, 5.74) is 6.34. The van der Waals surface area contributed by atoms with E-state index in [-0.39, 0.29) is 24.8 Å². The highest BCUT2D eigenvalue weighted by molar-refractivity contribution is 5.40. The molecule has 0 bridgehead atoms. The van der Waals surface area contributed by atoms with Crippen molar-refractivity contribution < 1.29 is 35.1 Å². The van der Waals surface area contributed by atoms with Gasteiger partial charge in [0, 0.05) is 31.0 Å². The van der Waals surface area contributed by atoms with Gasteiger partial charge >= 0.3 is 0 Å². The summed E-state index contributed by atoms with van der Waals surface area (Å²) in [4.78, 5) is 4.75. The summed E-state index contributed by atoms with van der Waals surface area (Å²) < 4.78 is 2.04. The molecule has 7 heteroatoms. The van der Waals surface area contributed by atoms with Crippen molar-refractivity contribution in [3.05, 3.63) is 24.0 Å². The number of hydrogen-bond acceptors (Lipinski definition) is 2. The normalized spacial score (nSPS) is 22.0. The van der Waals surface area contributed by atoms with Crippen molar-refractivity contribution in [1.29, 1.82) is 0 Å². The molecule has 2 aromatic rings. The van der Waals surface area contributed by atoms with Gasteiger partial charge in [-0.2, -0.15) is 0 Å². The number of halogens is 2. The van der Waals surface area contributed by atoms with Crippen LogP contribution in [0.5, 0.6) is 0 Å². The maximum Gasteiger partial charge on any atom is 0.286 e. The largest absolute Gasteiger partial charge is 1.00 e. The van der Waals surface area contributed by atoms with Crippen LogP contribution in [-0.2, 0) is 0 Å². The first-order chi connectivity index (χ1) is 10.2. The lowest BCUT2D eigenvalue weighted by atomic mass is 9.92. The van der Waals surface area contributed by atoms with Crippen LogP contribution in [0.2, 0.25) is 0 Å². The summed E-state index contributed by atoms with van der Waals surface area (Å²) in [5.74, 6) is 1.62. The molecule has 5 nitrogen and oxygen atoms in total. The minimum Gasteiger partial charge on any atom is -1.00 e. The zero-order chi connectivity index (χ0) is 14.8. The maximum atomic E-state index is 4.75. The summed E-state index contributed by atoms with van der Waals surface area (Å²) >= 11 is 0. The Hall–Kier alpha value is -1.04. The van der Waals surface area contributed by atoms with E-state index in [2.05, 4.69) is 36.1 Å². The van der Waals surface area contributed by atoms with Gasteiger partial charge in [-0.3, -0.25) is 5.10 Å². The second-order valence-corrected chi connectivity index (χ2v) is 6.39. The Morgan fingerprint density at radius 1 is 1.35 bits per heavy atom. The lowest BCUT2D eigenvalue weighted by Gasteiger charge is -2.23. The fraction of sp³-hybridized carbons (Fsp3) is 0.625. The maximum absolute atomic E-state index is 4.75. The van der Waals surface area contributed by atoms with Crippen molar-refractivity contribution in [3.63, 3.8) is 0 Å². The molecule has 0 saturated heterocycles. The lowest BCUT2D eigenvalue weighted by Crippen LogP contribution is -3.00. The van der Waals surface area contributed by atoms with Gasteiger partial charge in [0.15, 0.2) is 0 Å². The van der Waals surface area contributed by atoms with E-state index in [1.807, 2.05) is 16.8 Å². The molecule has 5 N–H and O–H groups in total. The summed E-state index contributed by atoms with van der Waals surface area (Å²) in [6, 6.07) is 5.42. The number of fused-ring (bicyclic) bond motifs is 1. The molecule has 130 valence electrons. The van der Waals surface area contributed by atoms with E-state index in [4.69, 9.17) is 4.98 Å². The third-order valence-electron chi connectivity index (χ3n) is 4.75. The Balaban J connectivity index is 0.00000132. The van der Waals surface area contributed by atoms with Gasteiger partial charge < -0.3 is 35.9 Å². The molecule has 1 unspecified atom stereocenters. The van der Waals surface area contributed by atoms with Crippen LogP contribution in [0.1, 0.15) is 57.6 Å². The van der Waals surface area contributed by atoms with Gasteiger partial charge in [-0.1, -0.05) is 13.8 Å². The van der Waals surface area contributed by atoms with Gasteiger partial charge in [-0.25, -0.2) is 0 Å². The van der Waals surface area contributed by atoms with Crippen molar-refractivity contribution in [2.45, 2.75) is 64.0 Å². The molecular formula is C16H27Cl2N5. The van der Waals surface area contributed by atoms with Crippen LogP contribution in [0.3, 0.4) is 0 Å². The van der Waals surface area contributed by atoms with E-state index < -0.39 is 0 Å². The third-order valence-corrected chi connectivity index (χ3v) is 4.75. The predicted molar refractivity (Wildman–Crippen MR) is 83.0 cm³/mol. The summed E-state index contributed by atoms with van der Waals surface area (Å²) in [7, 11) is 0. The first-order valence-corrected chi connectivity index (χ1v) is 8.17. The van der Waals surface area contributed by atoms with E-state index >= 15 is 0 Å². The van der Waals surface area contributed by atoms with E-state index in [0.717, 1.165) is 17.9 Å². The Kier molecular flexibility index (Phi) is 7.58. The smallest absolute Gasteiger partial charge is 0.286 e. The zero-order valence-electron chi connectivity index (χ0n) is 13.9. The molecule has 1 aliphatic rings. The highest BCUT2D eigenvalue weighted by Gasteiger charge is 2.25. The van der Waals surface area contributed by atoms with E-state index in [9.17, 15) is 0 Å². The molecule has 2 heterocycles. The Labute approximate surface area is 150 Å². The number of aromatic nitrogens is 3. The van der Waals surface area contributed by atoms with Crippen LogP contribution in [-0.4, -0.2) is 22.2 Å². The molecule has 0 spiro atoms. The number of nitrogens with zero attached hydrogens (tertiary/aromatic N) is 2. The number of H-pyrrole nitrogens is 1. The number of quaternary nitrogens is 1.